The minimum absolute atomic E-state index is 0.966. The first-order valence-electron chi connectivity index (χ1n) is 6.98. The molecule has 2 heterocycles. The summed E-state index contributed by atoms with van der Waals surface area (Å²) in [7, 11) is 2.08. The molecule has 1 saturated heterocycles. The van der Waals surface area contributed by atoms with Crippen molar-refractivity contribution in [2.45, 2.75) is 39.0 Å². The molecule has 1 atom stereocenters. The van der Waals surface area contributed by atoms with Crippen LogP contribution < -0.4 is 0 Å². The standard InChI is InChI=1S/C14H25N3/c1-3-13-5-4-9-17(10-6-13)11-7-14-15-8-12-16(14)2/h8,12-13H,3-7,9-11H2,1-2H3. The third-order valence-corrected chi connectivity index (χ3v) is 4.09. The topological polar surface area (TPSA) is 21.1 Å². The number of hydrogen-bond acceptors (Lipinski definition) is 2. The average molecular weight is 235 g/mol. The van der Waals surface area contributed by atoms with Crippen molar-refractivity contribution in [1.82, 2.24) is 14.5 Å². The highest BCUT2D eigenvalue weighted by Crippen LogP contribution is 2.20. The van der Waals surface area contributed by atoms with Crippen LogP contribution in [0.5, 0.6) is 0 Å². The Morgan fingerprint density at radius 1 is 1.35 bits per heavy atom. The quantitative estimate of drug-likeness (QED) is 0.799. The van der Waals surface area contributed by atoms with Gasteiger partial charge in [-0.25, -0.2) is 4.98 Å². The van der Waals surface area contributed by atoms with Gasteiger partial charge in [-0.2, -0.15) is 0 Å². The molecule has 0 amide bonds. The molecule has 1 unspecified atom stereocenters. The molecule has 17 heavy (non-hydrogen) atoms. The van der Waals surface area contributed by atoms with Gasteiger partial charge in [0.05, 0.1) is 0 Å². The van der Waals surface area contributed by atoms with Gasteiger partial charge >= 0.3 is 0 Å². The van der Waals surface area contributed by atoms with Crippen LogP contribution in [0.1, 0.15) is 38.4 Å². The van der Waals surface area contributed by atoms with E-state index in [9.17, 15) is 0 Å². The number of aromatic nitrogens is 2. The molecule has 3 nitrogen and oxygen atoms in total. The summed E-state index contributed by atoms with van der Waals surface area (Å²) in [5.41, 5.74) is 0. The first kappa shape index (κ1) is 12.6. The minimum Gasteiger partial charge on any atom is -0.338 e. The van der Waals surface area contributed by atoms with Crippen molar-refractivity contribution in [3.63, 3.8) is 0 Å². The van der Waals surface area contributed by atoms with Gasteiger partial charge in [-0.1, -0.05) is 13.3 Å². The van der Waals surface area contributed by atoms with Gasteiger partial charge in [0.1, 0.15) is 5.82 Å². The largest absolute Gasteiger partial charge is 0.338 e. The molecular weight excluding hydrogens is 210 g/mol. The number of nitrogens with zero attached hydrogens (tertiary/aromatic N) is 3. The van der Waals surface area contributed by atoms with Crippen molar-refractivity contribution in [3.8, 4) is 0 Å². The summed E-state index contributed by atoms with van der Waals surface area (Å²) in [6.45, 7) is 6.05. The molecule has 2 rings (SSSR count). The summed E-state index contributed by atoms with van der Waals surface area (Å²) in [5.74, 6) is 2.18. The normalized spacial score (nSPS) is 22.6. The SMILES string of the molecule is CCC1CCCN(CCc2nccn2C)CC1. The van der Waals surface area contributed by atoms with E-state index < -0.39 is 0 Å². The lowest BCUT2D eigenvalue weighted by molar-refractivity contribution is 0.281. The summed E-state index contributed by atoms with van der Waals surface area (Å²) in [6.07, 6.45) is 10.6. The monoisotopic (exact) mass is 235 g/mol. The van der Waals surface area contributed by atoms with Crippen LogP contribution in [0.25, 0.3) is 0 Å². The average Bonchev–Trinajstić information content (AvgIpc) is 2.63. The second-order valence-electron chi connectivity index (χ2n) is 5.25. The lowest BCUT2D eigenvalue weighted by Gasteiger charge is -2.19. The Bertz CT molecular complexity index is 332. The number of aryl methyl sites for hydroxylation is 1. The molecule has 1 aromatic heterocycles. The van der Waals surface area contributed by atoms with Gasteiger partial charge in [-0.05, 0) is 38.3 Å². The number of imidazole rings is 1. The predicted octanol–water partition coefficient (Wildman–Crippen LogP) is 2.47. The van der Waals surface area contributed by atoms with Crippen LogP contribution in [-0.2, 0) is 13.5 Å². The fraction of sp³-hybridized carbons (Fsp3) is 0.786. The summed E-state index contributed by atoms with van der Waals surface area (Å²) >= 11 is 0. The van der Waals surface area contributed by atoms with E-state index in [2.05, 4.69) is 28.4 Å². The maximum atomic E-state index is 4.39. The second kappa shape index (κ2) is 6.20. The van der Waals surface area contributed by atoms with Crippen molar-refractivity contribution < 1.29 is 0 Å². The van der Waals surface area contributed by atoms with Crippen LogP contribution in [0, 0.1) is 5.92 Å². The summed E-state index contributed by atoms with van der Waals surface area (Å²) in [4.78, 5) is 7.01. The van der Waals surface area contributed by atoms with Gasteiger partial charge in [-0.3, -0.25) is 0 Å². The predicted molar refractivity (Wildman–Crippen MR) is 71.0 cm³/mol. The lowest BCUT2D eigenvalue weighted by Crippen LogP contribution is -2.27. The molecule has 3 heteroatoms. The fourth-order valence-electron chi connectivity index (χ4n) is 2.75. The smallest absolute Gasteiger partial charge is 0.109 e. The molecule has 0 bridgehead atoms. The van der Waals surface area contributed by atoms with Crippen molar-refractivity contribution in [2.75, 3.05) is 19.6 Å². The Morgan fingerprint density at radius 2 is 2.24 bits per heavy atom. The van der Waals surface area contributed by atoms with Crippen molar-refractivity contribution in [1.29, 1.82) is 0 Å². The van der Waals surface area contributed by atoms with Crippen LogP contribution >= 0.6 is 0 Å². The van der Waals surface area contributed by atoms with Gasteiger partial charge in [0.2, 0.25) is 0 Å². The van der Waals surface area contributed by atoms with Crippen LogP contribution in [0.15, 0.2) is 12.4 Å². The first-order chi connectivity index (χ1) is 8.29. The molecule has 1 aromatic rings. The highest BCUT2D eigenvalue weighted by molar-refractivity contribution is 4.91. The molecule has 96 valence electrons. The van der Waals surface area contributed by atoms with Crippen molar-refractivity contribution in [3.05, 3.63) is 18.2 Å². The van der Waals surface area contributed by atoms with Crippen LogP contribution in [-0.4, -0.2) is 34.1 Å². The zero-order valence-corrected chi connectivity index (χ0v) is 11.2. The first-order valence-corrected chi connectivity index (χ1v) is 6.98. The van der Waals surface area contributed by atoms with Crippen molar-refractivity contribution in [2.24, 2.45) is 13.0 Å². The molecule has 1 fully saturated rings. The van der Waals surface area contributed by atoms with Gasteiger partial charge in [-0.15, -0.1) is 0 Å². The van der Waals surface area contributed by atoms with E-state index in [1.165, 1.54) is 51.1 Å². The molecule has 1 aliphatic rings. The Morgan fingerprint density at radius 3 is 2.94 bits per heavy atom. The van der Waals surface area contributed by atoms with E-state index >= 15 is 0 Å². The molecule has 0 aliphatic carbocycles. The van der Waals surface area contributed by atoms with Crippen LogP contribution in [0.3, 0.4) is 0 Å². The Balaban J connectivity index is 1.78. The van der Waals surface area contributed by atoms with Crippen molar-refractivity contribution >= 4 is 0 Å². The third kappa shape index (κ3) is 3.56. The van der Waals surface area contributed by atoms with Gasteiger partial charge < -0.3 is 9.47 Å². The number of hydrogen-bond donors (Lipinski definition) is 0. The minimum atomic E-state index is 0.966. The molecule has 0 radical (unpaired) electrons. The number of rotatable bonds is 4. The maximum Gasteiger partial charge on any atom is 0.109 e. The van der Waals surface area contributed by atoms with E-state index in [0.717, 1.165) is 12.3 Å². The summed E-state index contributed by atoms with van der Waals surface area (Å²) in [5, 5.41) is 0. The zero-order valence-electron chi connectivity index (χ0n) is 11.2. The molecule has 1 aliphatic heterocycles. The summed E-state index contributed by atoms with van der Waals surface area (Å²) < 4.78 is 2.13. The van der Waals surface area contributed by atoms with Crippen LogP contribution in [0.4, 0.5) is 0 Å². The van der Waals surface area contributed by atoms with Gasteiger partial charge in [0.15, 0.2) is 0 Å². The molecule has 0 spiro atoms. The zero-order chi connectivity index (χ0) is 12.1. The van der Waals surface area contributed by atoms with E-state index in [1.54, 1.807) is 0 Å². The molecular formula is C14H25N3. The van der Waals surface area contributed by atoms with E-state index in [1.807, 2.05) is 12.4 Å². The Kier molecular flexibility index (Phi) is 4.60. The lowest BCUT2D eigenvalue weighted by atomic mass is 9.98. The second-order valence-corrected chi connectivity index (χ2v) is 5.25. The highest BCUT2D eigenvalue weighted by atomic mass is 15.1. The Labute approximate surface area is 105 Å². The van der Waals surface area contributed by atoms with E-state index in [-0.39, 0.29) is 0 Å². The van der Waals surface area contributed by atoms with E-state index in [4.69, 9.17) is 0 Å². The molecule has 0 saturated carbocycles. The van der Waals surface area contributed by atoms with Crippen LogP contribution in [0.2, 0.25) is 0 Å². The summed E-state index contributed by atoms with van der Waals surface area (Å²) in [6, 6.07) is 0. The Hall–Kier alpha value is -0.830. The highest BCUT2D eigenvalue weighted by Gasteiger charge is 2.15. The molecule has 0 aromatic carbocycles. The maximum absolute atomic E-state index is 4.39. The fourth-order valence-corrected chi connectivity index (χ4v) is 2.75. The van der Waals surface area contributed by atoms with E-state index in [0.29, 0.717) is 0 Å². The van der Waals surface area contributed by atoms with Gasteiger partial charge in [0.25, 0.3) is 0 Å². The van der Waals surface area contributed by atoms with Gasteiger partial charge in [0, 0.05) is 32.4 Å². The molecule has 0 N–H and O–H groups in total. The number of likely N-dealkylation sites (tertiary alicyclic amines) is 1. The third-order valence-electron chi connectivity index (χ3n) is 4.09.